The first-order chi connectivity index (χ1) is 14.0. The van der Waals surface area contributed by atoms with E-state index in [1.54, 1.807) is 23.1 Å². The third-order valence-corrected chi connectivity index (χ3v) is 5.70. The molecule has 1 N–H and O–H groups in total. The van der Waals surface area contributed by atoms with Crippen LogP contribution in [0.25, 0.3) is 0 Å². The molecule has 0 saturated carbocycles. The van der Waals surface area contributed by atoms with E-state index in [4.69, 9.17) is 27.9 Å². The monoisotopic (exact) mass is 434 g/mol. The second-order valence-electron chi connectivity index (χ2n) is 7.04. The maximum Gasteiger partial charge on any atom is 0.229 e. The van der Waals surface area contributed by atoms with E-state index >= 15 is 0 Å². The van der Waals surface area contributed by atoms with Crippen LogP contribution in [-0.2, 0) is 9.59 Å². The predicted molar refractivity (Wildman–Crippen MR) is 116 cm³/mol. The molecule has 0 radical (unpaired) electrons. The van der Waals surface area contributed by atoms with Crippen LogP contribution in [0.1, 0.15) is 25.7 Å². The van der Waals surface area contributed by atoms with Gasteiger partial charge >= 0.3 is 0 Å². The lowest BCUT2D eigenvalue weighted by Crippen LogP contribution is -2.43. The third kappa shape index (κ3) is 6.12. The normalized spacial score (nSPS) is 16.3. The van der Waals surface area contributed by atoms with E-state index in [2.05, 4.69) is 5.32 Å². The van der Waals surface area contributed by atoms with E-state index in [0.717, 1.165) is 18.5 Å². The van der Waals surface area contributed by atoms with Crippen molar-refractivity contribution in [2.24, 2.45) is 5.92 Å². The van der Waals surface area contributed by atoms with Gasteiger partial charge in [-0.25, -0.2) is 0 Å². The van der Waals surface area contributed by atoms with Gasteiger partial charge in [-0.05, 0) is 43.5 Å². The van der Waals surface area contributed by atoms with Crippen LogP contribution >= 0.6 is 23.2 Å². The molecule has 0 aromatic heterocycles. The van der Waals surface area contributed by atoms with Crippen LogP contribution in [-0.4, -0.2) is 36.4 Å². The second-order valence-corrected chi connectivity index (χ2v) is 7.82. The standard InChI is InChI=1S/C22H24Cl2N2O3/c23-18-10-4-11-19(21(18)24)29-14-6-12-20(27)26-13-5-7-16(15-26)22(28)25-17-8-2-1-3-9-17/h1-4,8-11,16H,5-7,12-15H2,(H,25,28). The Bertz CT molecular complexity index is 845. The van der Waals surface area contributed by atoms with Crippen molar-refractivity contribution in [3.05, 3.63) is 58.6 Å². The van der Waals surface area contributed by atoms with Crippen molar-refractivity contribution < 1.29 is 14.3 Å². The van der Waals surface area contributed by atoms with Crippen LogP contribution in [0, 0.1) is 5.92 Å². The zero-order valence-electron chi connectivity index (χ0n) is 16.1. The maximum absolute atomic E-state index is 12.5. The molecular weight excluding hydrogens is 411 g/mol. The van der Waals surface area contributed by atoms with Crippen molar-refractivity contribution in [3.63, 3.8) is 0 Å². The van der Waals surface area contributed by atoms with Crippen molar-refractivity contribution in [1.82, 2.24) is 4.90 Å². The van der Waals surface area contributed by atoms with E-state index in [-0.39, 0.29) is 17.7 Å². The van der Waals surface area contributed by atoms with Gasteiger partial charge in [0.15, 0.2) is 0 Å². The molecule has 0 bridgehead atoms. The summed E-state index contributed by atoms with van der Waals surface area (Å²) in [4.78, 5) is 26.9. The number of para-hydroxylation sites is 1. The topological polar surface area (TPSA) is 58.6 Å². The van der Waals surface area contributed by atoms with Gasteiger partial charge in [-0.15, -0.1) is 0 Å². The zero-order chi connectivity index (χ0) is 20.6. The highest BCUT2D eigenvalue weighted by Crippen LogP contribution is 2.31. The average Bonchev–Trinajstić information content (AvgIpc) is 2.74. The molecule has 0 spiro atoms. The first-order valence-corrected chi connectivity index (χ1v) is 10.5. The lowest BCUT2D eigenvalue weighted by Gasteiger charge is -2.32. The molecule has 1 aliphatic rings. The van der Waals surface area contributed by atoms with Crippen LogP contribution in [0.3, 0.4) is 0 Å². The number of carbonyl (C=O) groups excluding carboxylic acids is 2. The minimum absolute atomic E-state index is 0.0346. The fourth-order valence-corrected chi connectivity index (χ4v) is 3.69. The summed E-state index contributed by atoms with van der Waals surface area (Å²) < 4.78 is 5.63. The number of piperidine rings is 1. The molecular formula is C22H24Cl2N2O3. The number of carbonyl (C=O) groups is 2. The molecule has 0 aliphatic carbocycles. The molecule has 1 unspecified atom stereocenters. The van der Waals surface area contributed by atoms with Gasteiger partial charge in [0.25, 0.3) is 0 Å². The fraction of sp³-hybridized carbons (Fsp3) is 0.364. The molecule has 154 valence electrons. The number of nitrogens with one attached hydrogen (secondary N) is 1. The third-order valence-electron chi connectivity index (χ3n) is 4.89. The number of halogens is 2. The number of nitrogens with zero attached hydrogens (tertiary/aromatic N) is 1. The molecule has 5 nitrogen and oxygen atoms in total. The summed E-state index contributed by atoms with van der Waals surface area (Å²) in [5.41, 5.74) is 0.776. The van der Waals surface area contributed by atoms with Crippen molar-refractivity contribution in [3.8, 4) is 5.75 Å². The Labute approximate surface area is 180 Å². The van der Waals surface area contributed by atoms with Crippen LogP contribution in [0.5, 0.6) is 5.75 Å². The summed E-state index contributed by atoms with van der Waals surface area (Å²) in [6.45, 7) is 1.52. The highest BCUT2D eigenvalue weighted by molar-refractivity contribution is 6.42. The van der Waals surface area contributed by atoms with Gasteiger partial charge in [0.1, 0.15) is 10.8 Å². The molecule has 1 fully saturated rings. The molecule has 2 aromatic carbocycles. The Morgan fingerprint density at radius 3 is 2.69 bits per heavy atom. The molecule has 1 aliphatic heterocycles. The number of amides is 2. The van der Waals surface area contributed by atoms with E-state index in [9.17, 15) is 9.59 Å². The second kappa shape index (κ2) is 10.5. The molecule has 1 atom stereocenters. The average molecular weight is 435 g/mol. The predicted octanol–water partition coefficient (Wildman–Crippen LogP) is 5.03. The Hall–Kier alpha value is -2.24. The molecule has 1 heterocycles. The lowest BCUT2D eigenvalue weighted by atomic mass is 9.96. The number of benzene rings is 2. The molecule has 2 aromatic rings. The molecule has 7 heteroatoms. The van der Waals surface area contributed by atoms with Gasteiger partial charge in [0.2, 0.25) is 11.8 Å². The highest BCUT2D eigenvalue weighted by atomic mass is 35.5. The molecule has 2 amide bonds. The van der Waals surface area contributed by atoms with E-state index < -0.39 is 0 Å². The highest BCUT2D eigenvalue weighted by Gasteiger charge is 2.28. The summed E-state index contributed by atoms with van der Waals surface area (Å²) >= 11 is 12.1. The van der Waals surface area contributed by atoms with Gasteiger partial charge in [0, 0.05) is 25.2 Å². The Morgan fingerprint density at radius 1 is 1.10 bits per heavy atom. The van der Waals surface area contributed by atoms with E-state index in [1.165, 1.54) is 0 Å². The lowest BCUT2D eigenvalue weighted by molar-refractivity contribution is -0.134. The summed E-state index contributed by atoms with van der Waals surface area (Å²) in [5, 5.41) is 3.75. The Morgan fingerprint density at radius 2 is 1.90 bits per heavy atom. The van der Waals surface area contributed by atoms with Crippen molar-refractivity contribution in [1.29, 1.82) is 0 Å². The fourth-order valence-electron chi connectivity index (χ4n) is 3.34. The van der Waals surface area contributed by atoms with Crippen LogP contribution in [0.15, 0.2) is 48.5 Å². The summed E-state index contributed by atoms with van der Waals surface area (Å²) in [6, 6.07) is 14.6. The van der Waals surface area contributed by atoms with Crippen LogP contribution in [0.4, 0.5) is 5.69 Å². The maximum atomic E-state index is 12.5. The number of hydrogen-bond donors (Lipinski definition) is 1. The van der Waals surface area contributed by atoms with Gasteiger partial charge in [-0.3, -0.25) is 9.59 Å². The van der Waals surface area contributed by atoms with Gasteiger partial charge < -0.3 is 15.0 Å². The van der Waals surface area contributed by atoms with E-state index in [0.29, 0.717) is 48.3 Å². The smallest absolute Gasteiger partial charge is 0.229 e. The van der Waals surface area contributed by atoms with Crippen LogP contribution < -0.4 is 10.1 Å². The minimum atomic E-state index is -0.186. The van der Waals surface area contributed by atoms with E-state index in [1.807, 2.05) is 30.3 Å². The summed E-state index contributed by atoms with van der Waals surface area (Å²) in [6.07, 6.45) is 2.55. The molecule has 29 heavy (non-hydrogen) atoms. The SMILES string of the molecule is O=C(Nc1ccccc1)C1CCCN(C(=O)CCCOc2cccc(Cl)c2Cl)C1. The first kappa shape index (κ1) is 21.5. The quantitative estimate of drug-likeness (QED) is 0.621. The number of hydrogen-bond acceptors (Lipinski definition) is 3. The number of anilines is 1. The minimum Gasteiger partial charge on any atom is -0.492 e. The van der Waals surface area contributed by atoms with Crippen molar-refractivity contribution in [2.45, 2.75) is 25.7 Å². The van der Waals surface area contributed by atoms with Crippen molar-refractivity contribution >= 4 is 40.7 Å². The van der Waals surface area contributed by atoms with Crippen LogP contribution in [0.2, 0.25) is 10.0 Å². The molecule has 3 rings (SSSR count). The Balaban J connectivity index is 1.43. The van der Waals surface area contributed by atoms with Gasteiger partial charge in [-0.1, -0.05) is 47.5 Å². The number of likely N-dealkylation sites (tertiary alicyclic amines) is 1. The Kier molecular flexibility index (Phi) is 7.78. The van der Waals surface area contributed by atoms with Gasteiger partial charge in [-0.2, -0.15) is 0 Å². The molecule has 1 saturated heterocycles. The summed E-state index contributed by atoms with van der Waals surface area (Å²) in [7, 11) is 0. The largest absolute Gasteiger partial charge is 0.492 e. The van der Waals surface area contributed by atoms with Crippen molar-refractivity contribution in [2.75, 3.05) is 25.0 Å². The number of ether oxygens (including phenoxy) is 1. The first-order valence-electron chi connectivity index (χ1n) is 9.75. The number of rotatable bonds is 7. The summed E-state index contributed by atoms with van der Waals surface area (Å²) in [5.74, 6) is 0.340. The van der Waals surface area contributed by atoms with Gasteiger partial charge in [0.05, 0.1) is 17.5 Å². The zero-order valence-corrected chi connectivity index (χ0v) is 17.6.